The number of pyridine rings is 1. The first kappa shape index (κ1) is 17.4. The van der Waals surface area contributed by atoms with Crippen LogP contribution in [-0.2, 0) is 0 Å². The molecule has 3 heterocycles. The van der Waals surface area contributed by atoms with E-state index in [1.807, 2.05) is 24.5 Å². The lowest BCUT2D eigenvalue weighted by Gasteiger charge is -2.33. The van der Waals surface area contributed by atoms with E-state index in [0.29, 0.717) is 11.8 Å². The number of nitrogens with one attached hydrogen (secondary N) is 1. The van der Waals surface area contributed by atoms with E-state index in [4.69, 9.17) is 5.10 Å². The van der Waals surface area contributed by atoms with E-state index in [9.17, 15) is 4.39 Å². The highest BCUT2D eigenvalue weighted by molar-refractivity contribution is 5.79. The molecule has 2 aliphatic rings. The Morgan fingerprint density at radius 3 is 2.39 bits per heavy atom. The molecule has 1 aliphatic heterocycles. The maximum atomic E-state index is 13.3. The number of piperazine rings is 1. The van der Waals surface area contributed by atoms with Crippen LogP contribution in [0.4, 0.5) is 10.2 Å². The first-order chi connectivity index (χ1) is 13.7. The lowest BCUT2D eigenvalue weighted by atomic mass is 10.0. The number of H-pyrrole nitrogens is 1. The summed E-state index contributed by atoms with van der Waals surface area (Å²) in [6, 6.07) is 11.0. The minimum absolute atomic E-state index is 0.183. The zero-order valence-electron chi connectivity index (χ0n) is 16.0. The van der Waals surface area contributed by atoms with Crippen molar-refractivity contribution in [3.05, 3.63) is 65.9 Å². The van der Waals surface area contributed by atoms with Crippen LogP contribution >= 0.6 is 0 Å². The lowest BCUT2D eigenvalue weighted by Crippen LogP contribution is -2.44. The SMILES string of the molecule is CN1CCN(c2n[nH]c(C3CC3c3ccc(F)cc3)c2-c2ccncc2)CC1. The van der Waals surface area contributed by atoms with Crippen LogP contribution in [0.15, 0.2) is 48.8 Å². The summed E-state index contributed by atoms with van der Waals surface area (Å²) in [5.41, 5.74) is 4.73. The van der Waals surface area contributed by atoms with E-state index >= 15 is 0 Å². The van der Waals surface area contributed by atoms with Gasteiger partial charge in [-0.3, -0.25) is 10.1 Å². The van der Waals surface area contributed by atoms with Crippen molar-refractivity contribution in [1.29, 1.82) is 0 Å². The van der Waals surface area contributed by atoms with Gasteiger partial charge in [-0.25, -0.2) is 4.39 Å². The molecule has 2 atom stereocenters. The predicted molar refractivity (Wildman–Crippen MR) is 108 cm³/mol. The Morgan fingerprint density at radius 1 is 0.964 bits per heavy atom. The summed E-state index contributed by atoms with van der Waals surface area (Å²) in [5.74, 6) is 1.67. The monoisotopic (exact) mass is 377 g/mol. The third-order valence-electron chi connectivity index (χ3n) is 6.01. The number of likely N-dealkylation sites (N-methyl/N-ethyl adjacent to an activating group) is 1. The molecule has 144 valence electrons. The number of anilines is 1. The molecule has 5 nitrogen and oxygen atoms in total. The molecule has 0 radical (unpaired) electrons. The van der Waals surface area contributed by atoms with Crippen LogP contribution in [0.1, 0.15) is 29.5 Å². The fraction of sp³-hybridized carbons (Fsp3) is 0.364. The van der Waals surface area contributed by atoms with Gasteiger partial charge in [0.05, 0.1) is 0 Å². The molecular weight excluding hydrogens is 353 g/mol. The molecule has 1 saturated carbocycles. The molecule has 1 aliphatic carbocycles. The van der Waals surface area contributed by atoms with E-state index in [1.54, 1.807) is 12.1 Å². The van der Waals surface area contributed by atoms with Crippen LogP contribution in [-0.4, -0.2) is 53.3 Å². The average Bonchev–Trinajstić information content (AvgIpc) is 3.40. The standard InChI is InChI=1S/C22H24FN5/c1-27-10-12-28(13-11-27)22-20(16-6-8-24-9-7-16)21(25-26-22)19-14-18(19)15-2-4-17(23)5-3-15/h2-9,18-19H,10-14H2,1H3,(H,25,26). The minimum Gasteiger partial charge on any atom is -0.352 e. The second-order valence-electron chi connectivity index (χ2n) is 7.86. The smallest absolute Gasteiger partial charge is 0.158 e. The fourth-order valence-electron chi connectivity index (χ4n) is 4.26. The number of hydrogen-bond donors (Lipinski definition) is 1. The number of aromatic nitrogens is 3. The summed E-state index contributed by atoms with van der Waals surface area (Å²) in [7, 11) is 2.16. The van der Waals surface area contributed by atoms with Gasteiger partial charge in [-0.05, 0) is 54.8 Å². The molecule has 28 heavy (non-hydrogen) atoms. The zero-order valence-corrected chi connectivity index (χ0v) is 16.0. The maximum Gasteiger partial charge on any atom is 0.158 e. The zero-order chi connectivity index (χ0) is 19.1. The van der Waals surface area contributed by atoms with Gasteiger partial charge in [0, 0.05) is 55.7 Å². The first-order valence-electron chi connectivity index (χ1n) is 9.88. The molecule has 6 heteroatoms. The Morgan fingerprint density at radius 2 is 1.68 bits per heavy atom. The highest BCUT2D eigenvalue weighted by Crippen LogP contribution is 2.57. The molecule has 3 aromatic rings. The number of halogens is 1. The van der Waals surface area contributed by atoms with Crippen molar-refractivity contribution in [2.45, 2.75) is 18.3 Å². The van der Waals surface area contributed by atoms with E-state index < -0.39 is 0 Å². The van der Waals surface area contributed by atoms with Crippen LogP contribution in [0.5, 0.6) is 0 Å². The van der Waals surface area contributed by atoms with Gasteiger partial charge in [0.15, 0.2) is 5.82 Å². The molecule has 1 saturated heterocycles. The molecule has 1 N–H and O–H groups in total. The van der Waals surface area contributed by atoms with Crippen molar-refractivity contribution in [2.75, 3.05) is 38.1 Å². The Hall–Kier alpha value is -2.73. The largest absolute Gasteiger partial charge is 0.352 e. The second kappa shape index (κ2) is 7.02. The topological polar surface area (TPSA) is 48.0 Å². The van der Waals surface area contributed by atoms with Crippen molar-refractivity contribution in [3.63, 3.8) is 0 Å². The van der Waals surface area contributed by atoms with Crippen molar-refractivity contribution in [3.8, 4) is 11.1 Å². The Kier molecular flexibility index (Phi) is 4.36. The number of hydrogen-bond acceptors (Lipinski definition) is 4. The molecular formula is C22H24FN5. The summed E-state index contributed by atoms with van der Waals surface area (Å²) >= 11 is 0. The number of benzene rings is 1. The quantitative estimate of drug-likeness (QED) is 0.754. The molecule has 0 bridgehead atoms. The summed E-state index contributed by atoms with van der Waals surface area (Å²) in [5, 5.41) is 8.10. The minimum atomic E-state index is -0.183. The fourth-order valence-corrected chi connectivity index (χ4v) is 4.26. The van der Waals surface area contributed by atoms with Crippen molar-refractivity contribution in [1.82, 2.24) is 20.1 Å². The maximum absolute atomic E-state index is 13.3. The second-order valence-corrected chi connectivity index (χ2v) is 7.86. The van der Waals surface area contributed by atoms with Crippen LogP contribution < -0.4 is 4.90 Å². The summed E-state index contributed by atoms with van der Waals surface area (Å²) in [6.45, 7) is 4.04. The van der Waals surface area contributed by atoms with Crippen molar-refractivity contribution < 1.29 is 4.39 Å². The van der Waals surface area contributed by atoms with Gasteiger partial charge in [0.25, 0.3) is 0 Å². The molecule has 0 amide bonds. The van der Waals surface area contributed by atoms with Gasteiger partial charge in [-0.2, -0.15) is 5.10 Å². The number of nitrogens with zero attached hydrogens (tertiary/aromatic N) is 4. The van der Waals surface area contributed by atoms with Crippen molar-refractivity contribution >= 4 is 5.82 Å². The highest BCUT2D eigenvalue weighted by atomic mass is 19.1. The number of aromatic amines is 1. The average molecular weight is 377 g/mol. The first-order valence-corrected chi connectivity index (χ1v) is 9.88. The van der Waals surface area contributed by atoms with E-state index in [2.05, 4.69) is 39.1 Å². The van der Waals surface area contributed by atoms with Gasteiger partial charge in [0.2, 0.25) is 0 Å². The van der Waals surface area contributed by atoms with Crippen LogP contribution in [0, 0.1) is 5.82 Å². The molecule has 5 rings (SSSR count). The molecule has 2 unspecified atom stereocenters. The van der Waals surface area contributed by atoms with Gasteiger partial charge in [-0.15, -0.1) is 0 Å². The summed E-state index contributed by atoms with van der Waals surface area (Å²) < 4.78 is 13.3. The molecule has 1 aromatic carbocycles. The third-order valence-corrected chi connectivity index (χ3v) is 6.01. The van der Waals surface area contributed by atoms with Crippen LogP contribution in [0.25, 0.3) is 11.1 Å². The predicted octanol–water partition coefficient (Wildman–Crippen LogP) is 3.63. The van der Waals surface area contributed by atoms with Gasteiger partial charge in [0.1, 0.15) is 5.82 Å². The van der Waals surface area contributed by atoms with E-state index in [-0.39, 0.29) is 5.82 Å². The Labute approximate surface area is 164 Å². The highest BCUT2D eigenvalue weighted by Gasteiger charge is 2.43. The molecule has 2 fully saturated rings. The van der Waals surface area contributed by atoms with Crippen LogP contribution in [0.3, 0.4) is 0 Å². The Bertz CT molecular complexity index is 945. The summed E-state index contributed by atoms with van der Waals surface area (Å²) in [6.07, 6.45) is 4.74. The third kappa shape index (κ3) is 3.18. The summed E-state index contributed by atoms with van der Waals surface area (Å²) in [4.78, 5) is 8.91. The van der Waals surface area contributed by atoms with Gasteiger partial charge >= 0.3 is 0 Å². The lowest BCUT2D eigenvalue weighted by molar-refractivity contribution is 0.312. The normalized spacial score (nSPS) is 22.4. The van der Waals surface area contributed by atoms with Crippen LogP contribution in [0.2, 0.25) is 0 Å². The van der Waals surface area contributed by atoms with Gasteiger partial charge in [-0.1, -0.05) is 12.1 Å². The number of rotatable bonds is 4. The van der Waals surface area contributed by atoms with Gasteiger partial charge < -0.3 is 9.80 Å². The molecule has 2 aromatic heterocycles. The van der Waals surface area contributed by atoms with Crippen molar-refractivity contribution in [2.24, 2.45) is 0 Å². The van der Waals surface area contributed by atoms with E-state index in [1.165, 1.54) is 16.8 Å². The Balaban J connectivity index is 1.49. The van der Waals surface area contributed by atoms with E-state index in [0.717, 1.165) is 44.0 Å². The molecule has 0 spiro atoms.